The Labute approximate surface area is 162 Å². The number of halogens is 2. The third-order valence-corrected chi connectivity index (χ3v) is 5.94. The van der Waals surface area contributed by atoms with E-state index in [-0.39, 0.29) is 17.8 Å². The molecule has 0 spiro atoms. The van der Waals surface area contributed by atoms with Gasteiger partial charge >= 0.3 is 0 Å². The van der Waals surface area contributed by atoms with Gasteiger partial charge in [-0.2, -0.15) is 0 Å². The van der Waals surface area contributed by atoms with Gasteiger partial charge in [-0.3, -0.25) is 14.6 Å². The molecule has 1 aromatic carbocycles. The minimum absolute atomic E-state index is 0.00723. The Hall–Kier alpha value is -1.47. The van der Waals surface area contributed by atoms with E-state index >= 15 is 0 Å². The average molecular weight is 396 g/mol. The zero-order valence-electron chi connectivity index (χ0n) is 14.8. The number of hydrogen-bond donors (Lipinski definition) is 1. The van der Waals surface area contributed by atoms with Crippen LogP contribution in [0.5, 0.6) is 0 Å². The number of amides is 1. The lowest BCUT2D eigenvalue weighted by molar-refractivity contribution is -0.126. The molecule has 140 valence electrons. The van der Waals surface area contributed by atoms with Crippen LogP contribution in [0.15, 0.2) is 36.4 Å². The van der Waals surface area contributed by atoms with Gasteiger partial charge in [-0.15, -0.1) is 11.3 Å². The molecule has 1 atom stereocenters. The summed E-state index contributed by atoms with van der Waals surface area (Å²) >= 11 is 7.61. The lowest BCUT2D eigenvalue weighted by atomic mass is 10.2. The number of benzene rings is 1. The van der Waals surface area contributed by atoms with Crippen LogP contribution in [0.3, 0.4) is 0 Å². The largest absolute Gasteiger partial charge is 0.351 e. The summed E-state index contributed by atoms with van der Waals surface area (Å²) in [5.41, 5.74) is 0.895. The fourth-order valence-electron chi connectivity index (χ4n) is 3.07. The van der Waals surface area contributed by atoms with Crippen LogP contribution in [0, 0.1) is 5.82 Å². The van der Waals surface area contributed by atoms with E-state index in [0.717, 1.165) is 42.6 Å². The molecule has 1 aliphatic rings. The Balaban J connectivity index is 1.42. The minimum atomic E-state index is -0.267. The van der Waals surface area contributed by atoms with Gasteiger partial charge in [0.15, 0.2) is 0 Å². The van der Waals surface area contributed by atoms with Crippen LogP contribution in [0.4, 0.5) is 4.39 Å². The number of carbonyl (C=O) groups is 1. The molecular formula is C19H23ClFN3OS. The van der Waals surface area contributed by atoms with Crippen molar-refractivity contribution in [1.29, 1.82) is 0 Å². The summed E-state index contributed by atoms with van der Waals surface area (Å²) in [6.45, 7) is 6.87. The van der Waals surface area contributed by atoms with E-state index in [1.54, 1.807) is 23.5 Å². The molecule has 26 heavy (non-hydrogen) atoms. The number of carbonyl (C=O) groups excluding carboxylic acids is 1. The molecule has 2 heterocycles. The highest BCUT2D eigenvalue weighted by atomic mass is 35.5. The number of rotatable bonds is 6. The van der Waals surface area contributed by atoms with Crippen LogP contribution in [0.25, 0.3) is 0 Å². The number of thiophene rings is 1. The Kier molecular flexibility index (Phi) is 6.64. The van der Waals surface area contributed by atoms with Crippen LogP contribution in [-0.2, 0) is 17.9 Å². The molecule has 3 rings (SSSR count). The van der Waals surface area contributed by atoms with Gasteiger partial charge in [0, 0.05) is 44.1 Å². The van der Waals surface area contributed by atoms with E-state index in [4.69, 9.17) is 11.6 Å². The Morgan fingerprint density at radius 2 is 1.88 bits per heavy atom. The summed E-state index contributed by atoms with van der Waals surface area (Å²) in [6.07, 6.45) is 0. The van der Waals surface area contributed by atoms with Gasteiger partial charge in [0.05, 0.1) is 10.4 Å². The highest BCUT2D eigenvalue weighted by molar-refractivity contribution is 7.16. The molecule has 2 aromatic rings. The molecule has 0 bridgehead atoms. The number of piperazine rings is 1. The molecule has 1 saturated heterocycles. The van der Waals surface area contributed by atoms with Crippen molar-refractivity contribution >= 4 is 28.8 Å². The van der Waals surface area contributed by atoms with Crippen LogP contribution in [0.2, 0.25) is 4.34 Å². The first-order valence-electron chi connectivity index (χ1n) is 8.74. The zero-order valence-corrected chi connectivity index (χ0v) is 16.3. The maximum absolute atomic E-state index is 12.9. The smallest absolute Gasteiger partial charge is 0.237 e. The monoisotopic (exact) mass is 395 g/mol. The summed E-state index contributed by atoms with van der Waals surface area (Å²) in [5.74, 6) is -0.260. The molecule has 0 aliphatic carbocycles. The standard InChI is InChI=1S/C19H23ClFN3OS/c1-14(19(25)22-12-15-2-4-16(21)5-3-15)24-10-8-23(9-11-24)13-17-6-7-18(20)26-17/h2-7,14H,8-13H2,1H3,(H,22,25). The first-order chi connectivity index (χ1) is 12.5. The van der Waals surface area contributed by atoms with Crippen molar-refractivity contribution in [3.8, 4) is 0 Å². The third kappa shape index (κ3) is 5.27. The lowest BCUT2D eigenvalue weighted by Gasteiger charge is -2.37. The number of nitrogens with zero attached hydrogens (tertiary/aromatic N) is 2. The van der Waals surface area contributed by atoms with Crippen LogP contribution in [-0.4, -0.2) is 47.9 Å². The molecule has 4 nitrogen and oxygen atoms in total. The molecule has 1 unspecified atom stereocenters. The Morgan fingerprint density at radius 3 is 2.50 bits per heavy atom. The van der Waals surface area contributed by atoms with Gasteiger partial charge in [0.1, 0.15) is 5.82 Å². The van der Waals surface area contributed by atoms with Gasteiger partial charge in [0.25, 0.3) is 0 Å². The van der Waals surface area contributed by atoms with Crippen molar-refractivity contribution in [3.63, 3.8) is 0 Å². The van der Waals surface area contributed by atoms with Crippen molar-refractivity contribution in [1.82, 2.24) is 15.1 Å². The Morgan fingerprint density at radius 1 is 1.19 bits per heavy atom. The Bertz CT molecular complexity index is 729. The average Bonchev–Trinajstić information content (AvgIpc) is 3.06. The quantitative estimate of drug-likeness (QED) is 0.814. The maximum Gasteiger partial charge on any atom is 0.237 e. The molecule has 1 amide bonds. The number of nitrogens with one attached hydrogen (secondary N) is 1. The van der Waals surface area contributed by atoms with Crippen molar-refractivity contribution < 1.29 is 9.18 Å². The lowest BCUT2D eigenvalue weighted by Crippen LogP contribution is -2.53. The molecule has 1 N–H and O–H groups in total. The van der Waals surface area contributed by atoms with Crippen molar-refractivity contribution in [2.24, 2.45) is 0 Å². The summed E-state index contributed by atoms with van der Waals surface area (Å²) in [4.78, 5) is 18.3. The van der Waals surface area contributed by atoms with E-state index in [1.807, 2.05) is 13.0 Å². The van der Waals surface area contributed by atoms with Gasteiger partial charge in [-0.25, -0.2) is 4.39 Å². The van der Waals surface area contributed by atoms with Gasteiger partial charge in [-0.1, -0.05) is 23.7 Å². The first-order valence-corrected chi connectivity index (χ1v) is 9.93. The van der Waals surface area contributed by atoms with Gasteiger partial charge in [-0.05, 0) is 36.8 Å². The molecule has 1 fully saturated rings. The van der Waals surface area contributed by atoms with E-state index in [1.165, 1.54) is 17.0 Å². The molecule has 1 aliphatic heterocycles. The second-order valence-electron chi connectivity index (χ2n) is 6.54. The van der Waals surface area contributed by atoms with Gasteiger partial charge in [0.2, 0.25) is 5.91 Å². The summed E-state index contributed by atoms with van der Waals surface area (Å²) in [5, 5.41) is 2.94. The highest BCUT2D eigenvalue weighted by Crippen LogP contribution is 2.23. The molecule has 1 aromatic heterocycles. The van der Waals surface area contributed by atoms with Crippen LogP contribution in [0.1, 0.15) is 17.4 Å². The SMILES string of the molecule is CC(C(=O)NCc1ccc(F)cc1)N1CCN(Cc2ccc(Cl)s2)CC1. The van der Waals surface area contributed by atoms with Crippen molar-refractivity contribution in [3.05, 3.63) is 57.0 Å². The van der Waals surface area contributed by atoms with Crippen LogP contribution < -0.4 is 5.32 Å². The second-order valence-corrected chi connectivity index (χ2v) is 8.34. The summed E-state index contributed by atoms with van der Waals surface area (Å²) in [7, 11) is 0. The van der Waals surface area contributed by atoms with Crippen molar-refractivity contribution in [2.45, 2.75) is 26.1 Å². The summed E-state index contributed by atoms with van der Waals surface area (Å²) < 4.78 is 13.7. The van der Waals surface area contributed by atoms with E-state index < -0.39 is 0 Å². The van der Waals surface area contributed by atoms with Crippen molar-refractivity contribution in [2.75, 3.05) is 26.2 Å². The van der Waals surface area contributed by atoms with Gasteiger partial charge < -0.3 is 5.32 Å². The topological polar surface area (TPSA) is 35.6 Å². The van der Waals surface area contributed by atoms with E-state index in [2.05, 4.69) is 21.2 Å². The molecule has 7 heteroatoms. The predicted octanol–water partition coefficient (Wildman–Crippen LogP) is 3.36. The molecule has 0 radical (unpaired) electrons. The zero-order chi connectivity index (χ0) is 18.5. The first kappa shape index (κ1) is 19.3. The van der Waals surface area contributed by atoms with Crippen LogP contribution >= 0.6 is 22.9 Å². The predicted molar refractivity (Wildman–Crippen MR) is 104 cm³/mol. The normalized spacial score (nSPS) is 17.2. The molecule has 0 saturated carbocycles. The van der Waals surface area contributed by atoms with E-state index in [9.17, 15) is 9.18 Å². The second kappa shape index (κ2) is 8.95. The maximum atomic E-state index is 12.9. The fraction of sp³-hybridized carbons (Fsp3) is 0.421. The summed E-state index contributed by atoms with van der Waals surface area (Å²) in [6, 6.07) is 10.0. The highest BCUT2D eigenvalue weighted by Gasteiger charge is 2.25. The third-order valence-electron chi connectivity index (χ3n) is 4.72. The molecular weight excluding hydrogens is 373 g/mol. The fourth-order valence-corrected chi connectivity index (χ4v) is 4.20. The minimum Gasteiger partial charge on any atom is -0.351 e. The number of hydrogen-bond acceptors (Lipinski definition) is 4. The van der Waals surface area contributed by atoms with E-state index in [0.29, 0.717) is 6.54 Å².